The first kappa shape index (κ1) is 16.2. The van der Waals surface area contributed by atoms with Crippen molar-refractivity contribution in [1.82, 2.24) is 20.7 Å². The third-order valence-electron chi connectivity index (χ3n) is 4.31. The van der Waals surface area contributed by atoms with Crippen molar-refractivity contribution in [2.45, 2.75) is 32.7 Å². The van der Waals surface area contributed by atoms with Gasteiger partial charge in [-0.15, -0.1) is 11.3 Å². The van der Waals surface area contributed by atoms with Crippen LogP contribution in [0.2, 0.25) is 0 Å². The van der Waals surface area contributed by atoms with Crippen LogP contribution in [-0.2, 0) is 0 Å². The van der Waals surface area contributed by atoms with Crippen molar-refractivity contribution in [3.63, 3.8) is 0 Å². The number of hydrazine groups is 1. The van der Waals surface area contributed by atoms with Gasteiger partial charge < -0.3 is 5.32 Å². The van der Waals surface area contributed by atoms with Crippen LogP contribution in [0.3, 0.4) is 0 Å². The fraction of sp³-hybridized carbons (Fsp3) is 0.278. The van der Waals surface area contributed by atoms with Crippen LogP contribution in [0.1, 0.15) is 24.0 Å². The molecule has 128 valence electrons. The van der Waals surface area contributed by atoms with Gasteiger partial charge in [0, 0.05) is 10.9 Å². The van der Waals surface area contributed by atoms with Crippen LogP contribution in [-0.4, -0.2) is 21.1 Å². The molecule has 2 aromatic heterocycles. The topological polar surface area (TPSA) is 61.9 Å². The molecule has 25 heavy (non-hydrogen) atoms. The van der Waals surface area contributed by atoms with E-state index in [1.807, 2.05) is 0 Å². The predicted octanol–water partition coefficient (Wildman–Crippen LogP) is 3.93. The average molecular weight is 370 g/mol. The van der Waals surface area contributed by atoms with Gasteiger partial charge in [0.05, 0.1) is 10.2 Å². The number of fused-ring (bicyclic) bond motifs is 1. The van der Waals surface area contributed by atoms with Crippen LogP contribution in [0, 0.1) is 13.8 Å². The molecule has 1 saturated carbocycles. The van der Waals surface area contributed by atoms with Crippen LogP contribution >= 0.6 is 23.6 Å². The van der Waals surface area contributed by atoms with E-state index in [1.165, 1.54) is 34.4 Å². The van der Waals surface area contributed by atoms with Gasteiger partial charge in [-0.3, -0.25) is 10.9 Å². The molecule has 5 nitrogen and oxygen atoms in total. The van der Waals surface area contributed by atoms with Crippen molar-refractivity contribution in [1.29, 1.82) is 0 Å². The molecule has 1 fully saturated rings. The van der Waals surface area contributed by atoms with Gasteiger partial charge in [-0.05, 0) is 61.7 Å². The Morgan fingerprint density at radius 2 is 2.00 bits per heavy atom. The van der Waals surface area contributed by atoms with E-state index in [4.69, 9.17) is 12.2 Å². The summed E-state index contributed by atoms with van der Waals surface area (Å²) in [7, 11) is 0. The number of thiophene rings is 1. The Morgan fingerprint density at radius 3 is 2.76 bits per heavy atom. The lowest BCUT2D eigenvalue weighted by Crippen LogP contribution is -2.40. The van der Waals surface area contributed by atoms with Crippen LogP contribution in [0.4, 0.5) is 5.82 Å². The standard InChI is InChI=1S/C18H19N5S2/c1-10-3-4-12(7-11(10)2)15-8-14-16(25-15)17(20-9-19-14)22-23-18(24)21-13-5-6-13/h3-4,7-9,13H,5-6H2,1-2H3,(H,19,20,22)(H2,21,23,24). The van der Waals surface area contributed by atoms with E-state index in [1.54, 1.807) is 17.7 Å². The number of benzene rings is 1. The van der Waals surface area contributed by atoms with Crippen LogP contribution < -0.4 is 16.2 Å². The highest BCUT2D eigenvalue weighted by atomic mass is 32.1. The normalized spacial score (nSPS) is 13.7. The predicted molar refractivity (Wildman–Crippen MR) is 108 cm³/mol. The molecule has 0 aliphatic heterocycles. The zero-order chi connectivity index (χ0) is 17.4. The molecule has 0 amide bonds. The number of hydrogen-bond donors (Lipinski definition) is 3. The number of hydrogen-bond acceptors (Lipinski definition) is 5. The zero-order valence-electron chi connectivity index (χ0n) is 14.1. The Labute approximate surface area is 155 Å². The molecule has 0 bridgehead atoms. The molecule has 0 saturated heterocycles. The molecule has 0 unspecified atom stereocenters. The van der Waals surface area contributed by atoms with E-state index in [-0.39, 0.29) is 0 Å². The van der Waals surface area contributed by atoms with E-state index in [9.17, 15) is 0 Å². The minimum absolute atomic E-state index is 0.519. The second-order valence-electron chi connectivity index (χ2n) is 6.34. The lowest BCUT2D eigenvalue weighted by Gasteiger charge is -2.11. The molecule has 0 atom stereocenters. The number of nitrogens with one attached hydrogen (secondary N) is 3. The smallest absolute Gasteiger partial charge is 0.185 e. The van der Waals surface area contributed by atoms with Gasteiger partial charge in [0.25, 0.3) is 0 Å². The fourth-order valence-corrected chi connectivity index (χ4v) is 3.82. The van der Waals surface area contributed by atoms with Crippen LogP contribution in [0.15, 0.2) is 30.6 Å². The van der Waals surface area contributed by atoms with Gasteiger partial charge in [-0.2, -0.15) is 0 Å². The Hall–Kier alpha value is -2.25. The lowest BCUT2D eigenvalue weighted by molar-refractivity contribution is 0.878. The largest absolute Gasteiger partial charge is 0.359 e. The molecule has 3 aromatic rings. The number of aryl methyl sites for hydroxylation is 2. The average Bonchev–Trinajstić information content (AvgIpc) is 3.29. The van der Waals surface area contributed by atoms with Crippen molar-refractivity contribution in [3.8, 4) is 10.4 Å². The van der Waals surface area contributed by atoms with Crippen molar-refractivity contribution in [3.05, 3.63) is 41.7 Å². The maximum atomic E-state index is 5.28. The van der Waals surface area contributed by atoms with Crippen LogP contribution in [0.25, 0.3) is 20.7 Å². The van der Waals surface area contributed by atoms with E-state index in [0.717, 1.165) is 16.0 Å². The maximum absolute atomic E-state index is 5.28. The van der Waals surface area contributed by atoms with Crippen molar-refractivity contribution < 1.29 is 0 Å². The Kier molecular flexibility index (Phi) is 4.27. The third kappa shape index (κ3) is 3.57. The molecule has 7 heteroatoms. The first-order valence-corrected chi connectivity index (χ1v) is 9.47. The first-order chi connectivity index (χ1) is 12.1. The van der Waals surface area contributed by atoms with Crippen molar-refractivity contribution in [2.24, 2.45) is 0 Å². The minimum atomic E-state index is 0.519. The molecular weight excluding hydrogens is 350 g/mol. The molecule has 1 aromatic carbocycles. The van der Waals surface area contributed by atoms with E-state index in [0.29, 0.717) is 11.2 Å². The van der Waals surface area contributed by atoms with Gasteiger partial charge in [-0.1, -0.05) is 18.2 Å². The van der Waals surface area contributed by atoms with E-state index >= 15 is 0 Å². The molecule has 3 N–H and O–H groups in total. The van der Waals surface area contributed by atoms with E-state index in [2.05, 4.69) is 64.2 Å². The minimum Gasteiger partial charge on any atom is -0.359 e. The lowest BCUT2D eigenvalue weighted by atomic mass is 10.1. The summed E-state index contributed by atoms with van der Waals surface area (Å²) in [5, 5.41) is 3.83. The van der Waals surface area contributed by atoms with Gasteiger partial charge in [-0.25, -0.2) is 9.97 Å². The SMILES string of the molecule is Cc1ccc(-c2cc3ncnc(NNC(=S)NC4CC4)c3s2)cc1C. The van der Waals surface area contributed by atoms with Gasteiger partial charge in [0.15, 0.2) is 10.9 Å². The van der Waals surface area contributed by atoms with Crippen LogP contribution in [0.5, 0.6) is 0 Å². The molecule has 0 radical (unpaired) electrons. The Bertz CT molecular complexity index is 946. The fourth-order valence-electron chi connectivity index (χ4n) is 2.55. The summed E-state index contributed by atoms with van der Waals surface area (Å²) < 4.78 is 1.01. The summed E-state index contributed by atoms with van der Waals surface area (Å²) in [6.07, 6.45) is 3.94. The maximum Gasteiger partial charge on any atom is 0.185 e. The monoisotopic (exact) mass is 369 g/mol. The number of aromatic nitrogens is 2. The zero-order valence-corrected chi connectivity index (χ0v) is 15.7. The van der Waals surface area contributed by atoms with Gasteiger partial charge in [0.2, 0.25) is 0 Å². The van der Waals surface area contributed by atoms with Crippen molar-refractivity contribution >= 4 is 44.7 Å². The molecule has 1 aliphatic carbocycles. The summed E-state index contributed by atoms with van der Waals surface area (Å²) in [4.78, 5) is 9.93. The quantitative estimate of drug-likeness (QED) is 0.478. The van der Waals surface area contributed by atoms with Crippen molar-refractivity contribution in [2.75, 3.05) is 5.43 Å². The number of anilines is 1. The number of nitrogens with zero attached hydrogens (tertiary/aromatic N) is 2. The summed E-state index contributed by atoms with van der Waals surface area (Å²) >= 11 is 6.95. The van der Waals surface area contributed by atoms with Gasteiger partial charge >= 0.3 is 0 Å². The summed E-state index contributed by atoms with van der Waals surface area (Å²) in [6, 6.07) is 9.15. The Balaban J connectivity index is 1.59. The summed E-state index contributed by atoms with van der Waals surface area (Å²) in [6.45, 7) is 4.26. The molecule has 4 rings (SSSR count). The third-order valence-corrected chi connectivity index (χ3v) is 5.71. The highest BCUT2D eigenvalue weighted by Crippen LogP contribution is 2.36. The second-order valence-corrected chi connectivity index (χ2v) is 7.80. The molecular formula is C18H19N5S2. The second kappa shape index (κ2) is 6.57. The molecule has 1 aliphatic rings. The summed E-state index contributed by atoms with van der Waals surface area (Å²) in [5.41, 5.74) is 10.8. The summed E-state index contributed by atoms with van der Waals surface area (Å²) in [5.74, 6) is 0.741. The highest BCUT2D eigenvalue weighted by Gasteiger charge is 2.21. The van der Waals surface area contributed by atoms with E-state index < -0.39 is 0 Å². The highest BCUT2D eigenvalue weighted by molar-refractivity contribution is 7.80. The first-order valence-electron chi connectivity index (χ1n) is 8.25. The molecule has 0 spiro atoms. The number of rotatable bonds is 4. The molecule has 2 heterocycles. The number of thiocarbonyl (C=S) groups is 1. The Morgan fingerprint density at radius 1 is 1.16 bits per heavy atom. The van der Waals surface area contributed by atoms with Gasteiger partial charge in [0.1, 0.15) is 6.33 Å².